The molecule has 1 fully saturated rings. The van der Waals surface area contributed by atoms with E-state index in [4.69, 9.17) is 4.74 Å². The first-order valence-electron chi connectivity index (χ1n) is 11.9. The van der Waals surface area contributed by atoms with Crippen molar-refractivity contribution in [3.8, 4) is 5.75 Å². The number of fused-ring (bicyclic) bond motifs is 1. The zero-order valence-electron chi connectivity index (χ0n) is 21.0. The number of aromatic nitrogens is 4. The number of carbonyl (C=O) groups is 2. The predicted molar refractivity (Wildman–Crippen MR) is 142 cm³/mol. The minimum absolute atomic E-state index is 0.201. The second-order valence-electron chi connectivity index (χ2n) is 8.86. The van der Waals surface area contributed by atoms with E-state index in [9.17, 15) is 9.59 Å². The summed E-state index contributed by atoms with van der Waals surface area (Å²) in [6.07, 6.45) is 3.50. The van der Waals surface area contributed by atoms with Crippen molar-refractivity contribution < 1.29 is 14.3 Å². The number of amides is 2. The van der Waals surface area contributed by atoms with E-state index in [0.29, 0.717) is 28.7 Å². The number of aryl methyl sites for hydroxylation is 1. The minimum atomic E-state index is -0.295. The van der Waals surface area contributed by atoms with E-state index in [2.05, 4.69) is 31.0 Å². The van der Waals surface area contributed by atoms with Gasteiger partial charge in [0.25, 0.3) is 11.8 Å². The molecule has 0 unspecified atom stereocenters. The molecule has 4 aromatic rings. The molecule has 1 aliphatic carbocycles. The molecule has 0 spiro atoms. The Hall–Kier alpha value is -4.19. The normalized spacial score (nSPS) is 12.9. The number of anilines is 3. The average Bonchev–Trinajstić information content (AvgIpc) is 3.48. The number of nitrogens with one attached hydrogen (secondary N) is 3. The zero-order valence-corrected chi connectivity index (χ0v) is 21.8. The molecule has 12 heteroatoms. The maximum absolute atomic E-state index is 12.9. The van der Waals surface area contributed by atoms with Gasteiger partial charge in [0.2, 0.25) is 0 Å². The molecule has 0 saturated heterocycles. The van der Waals surface area contributed by atoms with Crippen LogP contribution in [0.25, 0.3) is 5.65 Å². The fraction of sp³-hybridized carbons (Fsp3) is 0.320. The van der Waals surface area contributed by atoms with E-state index >= 15 is 0 Å². The molecule has 3 heterocycles. The van der Waals surface area contributed by atoms with Crippen LogP contribution in [-0.4, -0.2) is 58.6 Å². The van der Waals surface area contributed by atoms with Gasteiger partial charge >= 0.3 is 0 Å². The molecule has 3 N–H and O–H groups in total. The summed E-state index contributed by atoms with van der Waals surface area (Å²) in [5, 5.41) is 14.9. The van der Waals surface area contributed by atoms with Gasteiger partial charge in [-0.25, -0.2) is 14.5 Å². The summed E-state index contributed by atoms with van der Waals surface area (Å²) in [4.78, 5) is 36.3. The summed E-state index contributed by atoms with van der Waals surface area (Å²) in [6.45, 7) is 2.42. The lowest BCUT2D eigenvalue weighted by Crippen LogP contribution is -2.27. The van der Waals surface area contributed by atoms with Gasteiger partial charge in [0, 0.05) is 32.7 Å². The summed E-state index contributed by atoms with van der Waals surface area (Å²) in [5.41, 5.74) is 3.02. The van der Waals surface area contributed by atoms with Crippen LogP contribution < -0.4 is 25.6 Å². The molecule has 0 radical (unpaired) electrons. The molecule has 1 aromatic carbocycles. The van der Waals surface area contributed by atoms with Crippen molar-refractivity contribution in [3.63, 3.8) is 0 Å². The molecular formula is C25H28N8O3S. The fourth-order valence-electron chi connectivity index (χ4n) is 3.93. The van der Waals surface area contributed by atoms with Crippen LogP contribution in [0, 0.1) is 6.92 Å². The summed E-state index contributed by atoms with van der Waals surface area (Å²) in [7, 11) is 5.15. The lowest BCUT2D eigenvalue weighted by Gasteiger charge is -2.21. The average molecular weight is 521 g/mol. The van der Waals surface area contributed by atoms with E-state index in [-0.39, 0.29) is 23.6 Å². The van der Waals surface area contributed by atoms with Gasteiger partial charge in [-0.2, -0.15) is 0 Å². The van der Waals surface area contributed by atoms with Crippen molar-refractivity contribution in [1.29, 1.82) is 0 Å². The molecule has 0 bridgehead atoms. The lowest BCUT2D eigenvalue weighted by atomic mass is 10.2. The Labute approximate surface area is 217 Å². The van der Waals surface area contributed by atoms with Crippen LogP contribution in [0.15, 0.2) is 36.5 Å². The van der Waals surface area contributed by atoms with Gasteiger partial charge in [-0.3, -0.25) is 9.59 Å². The van der Waals surface area contributed by atoms with E-state index < -0.39 is 0 Å². The maximum Gasteiger partial charge on any atom is 0.272 e. The van der Waals surface area contributed by atoms with Crippen LogP contribution in [0.4, 0.5) is 16.5 Å². The van der Waals surface area contributed by atoms with E-state index in [1.54, 1.807) is 24.9 Å². The number of methoxy groups -OCH3 is 1. The quantitative estimate of drug-likeness (QED) is 0.307. The van der Waals surface area contributed by atoms with Crippen LogP contribution in [0.1, 0.15) is 44.4 Å². The van der Waals surface area contributed by atoms with Gasteiger partial charge in [-0.15, -0.1) is 16.4 Å². The third-order valence-electron chi connectivity index (χ3n) is 6.00. The van der Waals surface area contributed by atoms with Gasteiger partial charge in [0.05, 0.1) is 24.0 Å². The monoisotopic (exact) mass is 520 g/mol. The third-order valence-corrected chi connectivity index (χ3v) is 6.89. The highest BCUT2D eigenvalue weighted by Crippen LogP contribution is 2.31. The van der Waals surface area contributed by atoms with Crippen LogP contribution in [0.5, 0.6) is 5.75 Å². The van der Waals surface area contributed by atoms with Gasteiger partial charge < -0.3 is 25.6 Å². The Morgan fingerprint density at radius 1 is 1.22 bits per heavy atom. The predicted octanol–water partition coefficient (Wildman–Crippen LogP) is 3.13. The minimum Gasteiger partial charge on any atom is -0.497 e. The molecule has 1 aliphatic rings. The summed E-state index contributed by atoms with van der Waals surface area (Å²) < 4.78 is 6.82. The second-order valence-corrected chi connectivity index (χ2v) is 10.1. The zero-order chi connectivity index (χ0) is 26.1. The largest absolute Gasteiger partial charge is 0.497 e. The van der Waals surface area contributed by atoms with Crippen molar-refractivity contribution >= 4 is 45.3 Å². The molecule has 0 atom stereocenters. The number of hydrogen-bond donors (Lipinski definition) is 3. The Kier molecular flexibility index (Phi) is 6.66. The Morgan fingerprint density at radius 3 is 2.65 bits per heavy atom. The molecule has 5 rings (SSSR count). The highest BCUT2D eigenvalue weighted by molar-refractivity contribution is 7.16. The lowest BCUT2D eigenvalue weighted by molar-refractivity contribution is 0.0940. The number of imidazole rings is 1. The molecule has 1 saturated carbocycles. The standard InChI is InChI=1S/C25H28N8O3S/c1-14-28-21(24(35)26-2)25(37-14)30-20-11-18(32(3)13-15-5-9-17(36-4)10-6-15)22-27-12-19(33(22)31-20)23(34)29-16-7-8-16/h5-6,9-12,16H,7-8,13H2,1-4H3,(H,26,35)(H,29,34)(H,30,31). The van der Waals surface area contributed by atoms with Gasteiger partial charge in [0.15, 0.2) is 22.9 Å². The Morgan fingerprint density at radius 2 is 1.97 bits per heavy atom. The fourth-order valence-corrected chi connectivity index (χ4v) is 4.75. The topological polar surface area (TPSA) is 126 Å². The molecule has 2 amide bonds. The third kappa shape index (κ3) is 5.19. The van der Waals surface area contributed by atoms with Gasteiger partial charge in [0.1, 0.15) is 10.8 Å². The highest BCUT2D eigenvalue weighted by Gasteiger charge is 2.27. The number of carbonyl (C=O) groups excluding carboxylic acids is 2. The molecular weight excluding hydrogens is 492 g/mol. The van der Waals surface area contributed by atoms with Crippen LogP contribution in [0.3, 0.4) is 0 Å². The maximum atomic E-state index is 12.9. The molecule has 192 valence electrons. The summed E-state index contributed by atoms with van der Waals surface area (Å²) in [5.74, 6) is 0.729. The first-order valence-corrected chi connectivity index (χ1v) is 12.7. The Bertz CT molecular complexity index is 1460. The highest BCUT2D eigenvalue weighted by atomic mass is 32.1. The molecule has 3 aromatic heterocycles. The van der Waals surface area contributed by atoms with Crippen LogP contribution in [0.2, 0.25) is 0 Å². The van der Waals surface area contributed by atoms with Crippen molar-refractivity contribution in [1.82, 2.24) is 30.2 Å². The van der Waals surface area contributed by atoms with E-state index in [1.165, 1.54) is 11.3 Å². The van der Waals surface area contributed by atoms with Crippen molar-refractivity contribution in [2.45, 2.75) is 32.4 Å². The molecule has 37 heavy (non-hydrogen) atoms. The smallest absolute Gasteiger partial charge is 0.272 e. The number of ether oxygens (including phenoxy) is 1. The number of benzene rings is 1. The van der Waals surface area contributed by atoms with Crippen molar-refractivity contribution in [2.75, 3.05) is 31.4 Å². The van der Waals surface area contributed by atoms with Crippen molar-refractivity contribution in [3.05, 3.63) is 58.5 Å². The van der Waals surface area contributed by atoms with E-state index in [1.807, 2.05) is 49.2 Å². The summed E-state index contributed by atoms with van der Waals surface area (Å²) in [6, 6.07) is 9.90. The second kappa shape index (κ2) is 10.1. The van der Waals surface area contributed by atoms with Crippen LogP contribution in [-0.2, 0) is 6.54 Å². The first kappa shape index (κ1) is 24.5. The van der Waals surface area contributed by atoms with Gasteiger partial charge in [-0.1, -0.05) is 12.1 Å². The number of rotatable bonds is 9. The number of nitrogens with zero attached hydrogens (tertiary/aromatic N) is 5. The summed E-state index contributed by atoms with van der Waals surface area (Å²) >= 11 is 1.36. The van der Waals surface area contributed by atoms with Crippen molar-refractivity contribution in [2.24, 2.45) is 0 Å². The Balaban J connectivity index is 1.54. The van der Waals surface area contributed by atoms with E-state index in [0.717, 1.165) is 34.8 Å². The first-order chi connectivity index (χ1) is 17.9. The molecule has 11 nitrogen and oxygen atoms in total. The van der Waals surface area contributed by atoms with Crippen LogP contribution >= 0.6 is 11.3 Å². The number of hydrogen-bond acceptors (Lipinski definition) is 9. The van der Waals surface area contributed by atoms with Gasteiger partial charge in [-0.05, 0) is 37.5 Å². The SMILES string of the molecule is CNC(=O)c1nc(C)sc1Nc1cc(N(C)Cc2ccc(OC)cc2)c2ncc(C(=O)NC3CC3)n2n1. The number of thiazole rings is 1. The molecule has 0 aliphatic heterocycles.